The first kappa shape index (κ1) is 12.2. The molecule has 1 aliphatic heterocycles. The first-order valence-electron chi connectivity index (χ1n) is 5.07. The summed E-state index contributed by atoms with van der Waals surface area (Å²) in [7, 11) is 0. The number of nitrogens with two attached hydrogens (primary N) is 1. The SMILES string of the molecule is Cc1cc2c(c(Br)c1C(CN)C(=O)O)OCO2. The van der Waals surface area contributed by atoms with E-state index < -0.39 is 11.9 Å². The number of aliphatic carboxylic acids is 1. The van der Waals surface area contributed by atoms with Gasteiger partial charge in [-0.3, -0.25) is 4.79 Å². The fourth-order valence-corrected chi connectivity index (χ4v) is 2.81. The van der Waals surface area contributed by atoms with Gasteiger partial charge >= 0.3 is 5.97 Å². The lowest BCUT2D eigenvalue weighted by Crippen LogP contribution is -2.22. The third kappa shape index (κ3) is 1.98. The zero-order valence-corrected chi connectivity index (χ0v) is 10.8. The number of hydrogen-bond donors (Lipinski definition) is 2. The van der Waals surface area contributed by atoms with Crippen molar-refractivity contribution in [2.45, 2.75) is 12.8 Å². The average molecular weight is 302 g/mol. The summed E-state index contributed by atoms with van der Waals surface area (Å²) in [5, 5.41) is 9.15. The highest BCUT2D eigenvalue weighted by molar-refractivity contribution is 9.10. The molecule has 2 rings (SSSR count). The Morgan fingerprint density at radius 1 is 1.65 bits per heavy atom. The normalized spacial score (nSPS) is 14.8. The topological polar surface area (TPSA) is 81.8 Å². The van der Waals surface area contributed by atoms with Crippen LogP contribution in [-0.4, -0.2) is 24.4 Å². The molecule has 6 heteroatoms. The fourth-order valence-electron chi connectivity index (χ4n) is 1.91. The van der Waals surface area contributed by atoms with Crippen LogP contribution >= 0.6 is 15.9 Å². The van der Waals surface area contributed by atoms with Gasteiger partial charge in [0.05, 0.1) is 10.4 Å². The van der Waals surface area contributed by atoms with Crippen molar-refractivity contribution in [1.82, 2.24) is 0 Å². The van der Waals surface area contributed by atoms with Gasteiger partial charge in [0.2, 0.25) is 6.79 Å². The lowest BCUT2D eigenvalue weighted by molar-refractivity contribution is -0.138. The second kappa shape index (κ2) is 4.54. The molecule has 5 nitrogen and oxygen atoms in total. The number of rotatable bonds is 3. The fraction of sp³-hybridized carbons (Fsp3) is 0.364. The summed E-state index contributed by atoms with van der Waals surface area (Å²) in [5.41, 5.74) is 6.98. The molecule has 1 aliphatic rings. The van der Waals surface area contributed by atoms with Crippen molar-refractivity contribution in [3.63, 3.8) is 0 Å². The van der Waals surface area contributed by atoms with Crippen molar-refractivity contribution in [3.8, 4) is 11.5 Å². The second-order valence-electron chi connectivity index (χ2n) is 3.78. The number of ether oxygens (including phenoxy) is 2. The highest BCUT2D eigenvalue weighted by atomic mass is 79.9. The van der Waals surface area contributed by atoms with Gasteiger partial charge in [0, 0.05) is 6.54 Å². The van der Waals surface area contributed by atoms with Gasteiger partial charge in [-0.1, -0.05) is 0 Å². The second-order valence-corrected chi connectivity index (χ2v) is 4.57. The predicted molar refractivity (Wildman–Crippen MR) is 64.4 cm³/mol. The van der Waals surface area contributed by atoms with Crippen molar-refractivity contribution >= 4 is 21.9 Å². The Bertz CT molecular complexity index is 475. The molecule has 17 heavy (non-hydrogen) atoms. The standard InChI is InChI=1S/C11H12BrNO4/c1-5-2-7-10(17-4-16-7)9(12)8(5)6(3-13)11(14)15/h2,6H,3-4,13H2,1H3,(H,14,15). The molecule has 1 aromatic rings. The maximum atomic E-state index is 11.2. The summed E-state index contributed by atoms with van der Waals surface area (Å²) in [4.78, 5) is 11.2. The van der Waals surface area contributed by atoms with Crippen LogP contribution in [0.5, 0.6) is 11.5 Å². The van der Waals surface area contributed by atoms with Crippen LogP contribution in [0, 0.1) is 6.92 Å². The molecule has 0 amide bonds. The maximum absolute atomic E-state index is 11.2. The molecule has 0 saturated carbocycles. The number of carboxylic acids is 1. The number of fused-ring (bicyclic) bond motifs is 1. The molecule has 1 aromatic carbocycles. The third-order valence-electron chi connectivity index (χ3n) is 2.73. The molecule has 1 heterocycles. The van der Waals surface area contributed by atoms with E-state index in [0.29, 0.717) is 21.5 Å². The van der Waals surface area contributed by atoms with Crippen molar-refractivity contribution in [2.24, 2.45) is 5.73 Å². The first-order chi connectivity index (χ1) is 8.06. The summed E-state index contributed by atoms with van der Waals surface area (Å²) in [5.74, 6) is -0.529. The van der Waals surface area contributed by atoms with Crippen LogP contribution in [0.25, 0.3) is 0 Å². The Kier molecular flexibility index (Phi) is 3.26. The van der Waals surface area contributed by atoms with Crippen molar-refractivity contribution in [3.05, 3.63) is 21.7 Å². The average Bonchev–Trinajstić information content (AvgIpc) is 2.71. The third-order valence-corrected chi connectivity index (χ3v) is 3.52. The Balaban J connectivity index is 2.58. The van der Waals surface area contributed by atoms with Gasteiger partial charge in [-0.25, -0.2) is 0 Å². The van der Waals surface area contributed by atoms with E-state index in [1.165, 1.54) is 0 Å². The number of carboxylic acid groups (broad SMARTS) is 1. The number of benzene rings is 1. The summed E-state index contributed by atoms with van der Waals surface area (Å²) in [6, 6.07) is 1.77. The zero-order chi connectivity index (χ0) is 12.6. The molecule has 3 N–H and O–H groups in total. The Morgan fingerprint density at radius 3 is 2.94 bits per heavy atom. The van der Waals surface area contributed by atoms with E-state index in [1.54, 1.807) is 6.07 Å². The molecule has 0 aromatic heterocycles. The molecule has 0 fully saturated rings. The van der Waals surface area contributed by atoms with Crippen LogP contribution in [0.2, 0.25) is 0 Å². The Hall–Kier alpha value is -1.27. The molecule has 0 saturated heterocycles. The van der Waals surface area contributed by atoms with Crippen LogP contribution in [0.3, 0.4) is 0 Å². The quantitative estimate of drug-likeness (QED) is 0.886. The van der Waals surface area contributed by atoms with Crippen LogP contribution in [0.4, 0.5) is 0 Å². The molecule has 0 spiro atoms. The summed E-state index contributed by atoms with van der Waals surface area (Å²) in [6.45, 7) is 2.01. The first-order valence-corrected chi connectivity index (χ1v) is 5.87. The molecule has 0 aliphatic carbocycles. The Morgan fingerprint density at radius 2 is 2.35 bits per heavy atom. The van der Waals surface area contributed by atoms with E-state index in [4.69, 9.17) is 20.3 Å². The number of carbonyl (C=O) groups is 1. The van der Waals surface area contributed by atoms with Gasteiger partial charge < -0.3 is 20.3 Å². The van der Waals surface area contributed by atoms with Gasteiger partial charge in [-0.15, -0.1) is 0 Å². The Labute approximate surface area is 107 Å². The van der Waals surface area contributed by atoms with Gasteiger partial charge in [-0.2, -0.15) is 0 Å². The minimum Gasteiger partial charge on any atom is -0.481 e. The molecule has 92 valence electrons. The van der Waals surface area contributed by atoms with Gasteiger partial charge in [0.1, 0.15) is 0 Å². The van der Waals surface area contributed by atoms with Crippen molar-refractivity contribution < 1.29 is 19.4 Å². The van der Waals surface area contributed by atoms with Crippen LogP contribution in [0.1, 0.15) is 17.0 Å². The number of aryl methyl sites for hydroxylation is 1. The smallest absolute Gasteiger partial charge is 0.312 e. The van der Waals surface area contributed by atoms with Gasteiger partial charge in [-0.05, 0) is 40.0 Å². The van der Waals surface area contributed by atoms with Gasteiger partial charge in [0.25, 0.3) is 0 Å². The summed E-state index contributed by atoms with van der Waals surface area (Å²) >= 11 is 3.37. The van der Waals surface area contributed by atoms with Gasteiger partial charge in [0.15, 0.2) is 11.5 Å². The van der Waals surface area contributed by atoms with Crippen molar-refractivity contribution in [2.75, 3.05) is 13.3 Å². The van der Waals surface area contributed by atoms with Crippen LogP contribution in [-0.2, 0) is 4.79 Å². The zero-order valence-electron chi connectivity index (χ0n) is 9.20. The van der Waals surface area contributed by atoms with E-state index in [0.717, 1.165) is 5.56 Å². The highest BCUT2D eigenvalue weighted by Crippen LogP contribution is 2.44. The minimum absolute atomic E-state index is 0.0361. The summed E-state index contributed by atoms with van der Waals surface area (Å²) < 4.78 is 11.2. The molecule has 0 radical (unpaired) electrons. The maximum Gasteiger partial charge on any atom is 0.312 e. The monoisotopic (exact) mass is 301 g/mol. The van der Waals surface area contributed by atoms with E-state index in [1.807, 2.05) is 6.92 Å². The van der Waals surface area contributed by atoms with Crippen LogP contribution in [0.15, 0.2) is 10.5 Å². The highest BCUT2D eigenvalue weighted by Gasteiger charge is 2.28. The minimum atomic E-state index is -0.949. The van der Waals surface area contributed by atoms with Crippen molar-refractivity contribution in [1.29, 1.82) is 0 Å². The van der Waals surface area contributed by atoms with E-state index in [2.05, 4.69) is 15.9 Å². The molecule has 1 unspecified atom stereocenters. The van der Waals surface area contributed by atoms with E-state index in [9.17, 15) is 4.79 Å². The lowest BCUT2D eigenvalue weighted by Gasteiger charge is -2.16. The molecular weight excluding hydrogens is 290 g/mol. The predicted octanol–water partition coefficient (Wildman–Crippen LogP) is 1.61. The molecule has 1 atom stereocenters. The molecule has 0 bridgehead atoms. The largest absolute Gasteiger partial charge is 0.481 e. The number of halogens is 1. The van der Waals surface area contributed by atoms with Crippen LogP contribution < -0.4 is 15.2 Å². The number of hydrogen-bond acceptors (Lipinski definition) is 4. The van der Waals surface area contributed by atoms with E-state index in [-0.39, 0.29) is 13.3 Å². The van der Waals surface area contributed by atoms with E-state index >= 15 is 0 Å². The molecular formula is C11H12BrNO4. The lowest BCUT2D eigenvalue weighted by atomic mass is 9.94. The summed E-state index contributed by atoms with van der Waals surface area (Å²) in [6.07, 6.45) is 0.